The van der Waals surface area contributed by atoms with Crippen molar-refractivity contribution in [3.63, 3.8) is 0 Å². The summed E-state index contributed by atoms with van der Waals surface area (Å²) in [6, 6.07) is 11.6. The third kappa shape index (κ3) is 2.33. The molecular formula is C16H13ClN2O3. The number of amides is 1. The van der Waals surface area contributed by atoms with Gasteiger partial charge in [0.05, 0.1) is 15.5 Å². The monoisotopic (exact) mass is 316 g/mol. The van der Waals surface area contributed by atoms with E-state index in [1.807, 2.05) is 31.2 Å². The van der Waals surface area contributed by atoms with E-state index >= 15 is 0 Å². The first-order valence-corrected chi connectivity index (χ1v) is 7.22. The van der Waals surface area contributed by atoms with Gasteiger partial charge in [-0.15, -0.1) is 0 Å². The molecule has 0 fully saturated rings. The van der Waals surface area contributed by atoms with E-state index in [0.717, 1.165) is 17.7 Å². The lowest BCUT2D eigenvalue weighted by Gasteiger charge is -2.23. The third-order valence-electron chi connectivity index (χ3n) is 3.82. The minimum absolute atomic E-state index is 0.0137. The summed E-state index contributed by atoms with van der Waals surface area (Å²) in [5, 5.41) is 11.1. The van der Waals surface area contributed by atoms with Gasteiger partial charge in [-0.1, -0.05) is 29.8 Å². The Bertz CT molecular complexity index is 776. The van der Waals surface area contributed by atoms with Gasteiger partial charge in [0.25, 0.3) is 11.6 Å². The van der Waals surface area contributed by atoms with E-state index in [1.54, 1.807) is 4.90 Å². The number of halogens is 1. The zero-order chi connectivity index (χ0) is 15.9. The van der Waals surface area contributed by atoms with Crippen LogP contribution in [0.3, 0.4) is 0 Å². The van der Waals surface area contributed by atoms with Gasteiger partial charge in [-0.25, -0.2) is 0 Å². The fraction of sp³-hybridized carbons (Fsp3) is 0.188. The molecular weight excluding hydrogens is 304 g/mol. The molecule has 2 aromatic rings. The lowest BCUT2D eigenvalue weighted by atomic mass is 10.1. The second-order valence-corrected chi connectivity index (χ2v) is 5.69. The maximum Gasteiger partial charge on any atom is 0.270 e. The van der Waals surface area contributed by atoms with Crippen molar-refractivity contribution in [1.29, 1.82) is 0 Å². The highest BCUT2D eigenvalue weighted by atomic mass is 35.5. The number of rotatable bonds is 2. The summed E-state index contributed by atoms with van der Waals surface area (Å²) in [7, 11) is 0. The van der Waals surface area contributed by atoms with Crippen LogP contribution in [0.2, 0.25) is 5.02 Å². The topological polar surface area (TPSA) is 63.5 Å². The van der Waals surface area contributed by atoms with Gasteiger partial charge < -0.3 is 4.90 Å². The van der Waals surface area contributed by atoms with Crippen LogP contribution in [0, 0.1) is 10.1 Å². The average Bonchev–Trinajstić information content (AvgIpc) is 2.82. The molecule has 0 bridgehead atoms. The first kappa shape index (κ1) is 14.5. The smallest absolute Gasteiger partial charge is 0.270 e. The van der Waals surface area contributed by atoms with E-state index in [4.69, 9.17) is 11.6 Å². The SMILES string of the molecule is CC1Cc2ccccc2N1C(=O)c1cc([N+](=O)[O-])ccc1Cl. The number of hydrogen-bond acceptors (Lipinski definition) is 3. The van der Waals surface area contributed by atoms with Crippen LogP contribution >= 0.6 is 11.6 Å². The Hall–Kier alpha value is -2.40. The number of benzene rings is 2. The molecule has 1 atom stereocenters. The third-order valence-corrected chi connectivity index (χ3v) is 4.15. The predicted molar refractivity (Wildman–Crippen MR) is 84.5 cm³/mol. The number of carbonyl (C=O) groups excluding carboxylic acids is 1. The van der Waals surface area contributed by atoms with Gasteiger partial charge in [0.1, 0.15) is 0 Å². The molecule has 1 aliphatic heterocycles. The number of carbonyl (C=O) groups is 1. The van der Waals surface area contributed by atoms with Crippen LogP contribution in [-0.2, 0) is 6.42 Å². The fourth-order valence-corrected chi connectivity index (χ4v) is 2.99. The van der Waals surface area contributed by atoms with E-state index < -0.39 is 4.92 Å². The second kappa shape index (κ2) is 5.42. The Morgan fingerprint density at radius 3 is 2.77 bits per heavy atom. The Labute approximate surface area is 132 Å². The van der Waals surface area contributed by atoms with E-state index in [9.17, 15) is 14.9 Å². The molecule has 1 heterocycles. The molecule has 1 amide bonds. The molecule has 0 aromatic heterocycles. The lowest BCUT2D eigenvalue weighted by molar-refractivity contribution is -0.384. The number of nitrogens with zero attached hydrogens (tertiary/aromatic N) is 2. The first-order chi connectivity index (χ1) is 10.5. The first-order valence-electron chi connectivity index (χ1n) is 6.84. The molecule has 5 nitrogen and oxygen atoms in total. The van der Waals surface area contributed by atoms with Gasteiger partial charge in [-0.3, -0.25) is 14.9 Å². The Balaban J connectivity index is 2.05. The maximum atomic E-state index is 12.8. The normalized spacial score (nSPS) is 16.5. The molecule has 1 unspecified atom stereocenters. The zero-order valence-corrected chi connectivity index (χ0v) is 12.6. The number of fused-ring (bicyclic) bond motifs is 1. The molecule has 22 heavy (non-hydrogen) atoms. The number of anilines is 1. The average molecular weight is 317 g/mol. The highest BCUT2D eigenvalue weighted by Crippen LogP contribution is 2.34. The van der Waals surface area contributed by atoms with E-state index in [2.05, 4.69) is 0 Å². The van der Waals surface area contributed by atoms with Crippen LogP contribution in [0.1, 0.15) is 22.8 Å². The van der Waals surface area contributed by atoms with Crippen molar-refractivity contribution in [3.05, 3.63) is 68.7 Å². The molecule has 112 valence electrons. The zero-order valence-electron chi connectivity index (χ0n) is 11.8. The molecule has 0 N–H and O–H groups in total. The minimum Gasteiger partial charge on any atom is -0.305 e. The van der Waals surface area contributed by atoms with Gasteiger partial charge >= 0.3 is 0 Å². The number of hydrogen-bond donors (Lipinski definition) is 0. The van der Waals surface area contributed by atoms with Crippen molar-refractivity contribution in [2.75, 3.05) is 4.90 Å². The number of nitro benzene ring substituents is 1. The summed E-state index contributed by atoms with van der Waals surface area (Å²) >= 11 is 6.08. The van der Waals surface area contributed by atoms with Crippen LogP contribution in [0.25, 0.3) is 0 Å². The second-order valence-electron chi connectivity index (χ2n) is 5.28. The van der Waals surface area contributed by atoms with Gasteiger partial charge in [0.15, 0.2) is 0 Å². The Morgan fingerprint density at radius 1 is 1.32 bits per heavy atom. The summed E-state index contributed by atoms with van der Waals surface area (Å²) in [6.45, 7) is 1.95. The Morgan fingerprint density at radius 2 is 2.05 bits per heavy atom. The lowest BCUT2D eigenvalue weighted by Crippen LogP contribution is -2.35. The molecule has 0 spiro atoms. The maximum absolute atomic E-state index is 12.8. The molecule has 0 saturated heterocycles. The quantitative estimate of drug-likeness (QED) is 0.624. The molecule has 6 heteroatoms. The molecule has 0 saturated carbocycles. The number of non-ortho nitro benzene ring substituents is 1. The van der Waals surface area contributed by atoms with E-state index in [-0.39, 0.29) is 28.2 Å². The molecule has 0 radical (unpaired) electrons. The van der Waals surface area contributed by atoms with Gasteiger partial charge in [-0.2, -0.15) is 0 Å². The minimum atomic E-state index is -0.533. The van der Waals surface area contributed by atoms with Crippen molar-refractivity contribution < 1.29 is 9.72 Å². The number of para-hydroxylation sites is 1. The summed E-state index contributed by atoms with van der Waals surface area (Å²) in [5.74, 6) is -0.314. The Kier molecular flexibility index (Phi) is 3.58. The molecule has 1 aliphatic rings. The van der Waals surface area contributed by atoms with Crippen LogP contribution in [0.4, 0.5) is 11.4 Å². The molecule has 0 aliphatic carbocycles. The van der Waals surface area contributed by atoms with Crippen molar-refractivity contribution in [2.24, 2.45) is 0 Å². The largest absolute Gasteiger partial charge is 0.305 e. The van der Waals surface area contributed by atoms with Gasteiger partial charge in [-0.05, 0) is 31.0 Å². The van der Waals surface area contributed by atoms with Crippen LogP contribution in [-0.4, -0.2) is 16.9 Å². The fourth-order valence-electron chi connectivity index (χ4n) is 2.80. The van der Waals surface area contributed by atoms with E-state index in [1.165, 1.54) is 18.2 Å². The van der Waals surface area contributed by atoms with Crippen molar-refractivity contribution in [1.82, 2.24) is 0 Å². The van der Waals surface area contributed by atoms with Crippen molar-refractivity contribution in [3.8, 4) is 0 Å². The van der Waals surface area contributed by atoms with Crippen LogP contribution < -0.4 is 4.90 Å². The van der Waals surface area contributed by atoms with E-state index in [0.29, 0.717) is 0 Å². The van der Waals surface area contributed by atoms with Gasteiger partial charge in [0, 0.05) is 23.9 Å². The summed E-state index contributed by atoms with van der Waals surface area (Å²) in [4.78, 5) is 24.9. The van der Waals surface area contributed by atoms with Gasteiger partial charge in [0.2, 0.25) is 0 Å². The highest BCUT2D eigenvalue weighted by molar-refractivity contribution is 6.34. The molecule has 3 rings (SSSR count). The highest BCUT2D eigenvalue weighted by Gasteiger charge is 2.32. The molecule has 2 aromatic carbocycles. The summed E-state index contributed by atoms with van der Waals surface area (Å²) < 4.78 is 0. The standard InChI is InChI=1S/C16H13ClN2O3/c1-10-8-11-4-2-3-5-15(11)18(10)16(20)13-9-12(19(21)22)6-7-14(13)17/h2-7,9-10H,8H2,1H3. The summed E-state index contributed by atoms with van der Waals surface area (Å²) in [5.41, 5.74) is 1.93. The van der Waals surface area contributed by atoms with Crippen molar-refractivity contribution in [2.45, 2.75) is 19.4 Å². The summed E-state index contributed by atoms with van der Waals surface area (Å²) in [6.07, 6.45) is 0.758. The van der Waals surface area contributed by atoms with Crippen LogP contribution in [0.15, 0.2) is 42.5 Å². The van der Waals surface area contributed by atoms with Crippen LogP contribution in [0.5, 0.6) is 0 Å². The predicted octanol–water partition coefficient (Wildman–Crippen LogP) is 3.84. The van der Waals surface area contributed by atoms with Crippen molar-refractivity contribution >= 4 is 28.9 Å². The number of nitro groups is 1.